The molecular weight excluding hydrogens is 388 g/mol. The van der Waals surface area contributed by atoms with Gasteiger partial charge in [0.25, 0.3) is 0 Å². The van der Waals surface area contributed by atoms with E-state index in [2.05, 4.69) is 57.4 Å². The predicted molar refractivity (Wildman–Crippen MR) is 121 cm³/mol. The van der Waals surface area contributed by atoms with Crippen LogP contribution in [-0.4, -0.2) is 37.1 Å². The highest BCUT2D eigenvalue weighted by Gasteiger charge is 2.36. The Kier molecular flexibility index (Phi) is 6.70. The summed E-state index contributed by atoms with van der Waals surface area (Å²) in [5.74, 6) is 0.0543. The number of carbonyl (C=O) groups is 1. The molecule has 160 valence electrons. The lowest BCUT2D eigenvalue weighted by atomic mass is 9.73. The van der Waals surface area contributed by atoms with Crippen molar-refractivity contribution in [1.29, 1.82) is 0 Å². The molecule has 4 rings (SSSR count). The van der Waals surface area contributed by atoms with Crippen LogP contribution in [0.1, 0.15) is 47.4 Å². The molecular formula is C25H28N4O2. The van der Waals surface area contributed by atoms with Gasteiger partial charge in [0, 0.05) is 23.1 Å². The fourth-order valence-corrected chi connectivity index (χ4v) is 5.17. The standard InChI is InChI=1S/C25H28N4O2/c1-31-25(30)20(16-27-28-26)15-19-9-5-10-22-21(19)12-13-24-23(22)11-6-14-29(24)17-18-7-3-2-4-8-18/h2-5,7-10,15,23-24H,6,11-14,16-17H2,1H3/t23-,24-/m0/s1. The minimum Gasteiger partial charge on any atom is -0.466 e. The van der Waals surface area contributed by atoms with Crippen LogP contribution in [0.5, 0.6) is 0 Å². The number of ether oxygens (including phenoxy) is 1. The molecule has 1 aliphatic carbocycles. The third-order valence-electron chi connectivity index (χ3n) is 6.54. The van der Waals surface area contributed by atoms with Gasteiger partial charge in [0.1, 0.15) is 0 Å². The maximum Gasteiger partial charge on any atom is 0.333 e. The van der Waals surface area contributed by atoms with Gasteiger partial charge in [0.15, 0.2) is 0 Å². The molecule has 1 fully saturated rings. The maximum absolute atomic E-state index is 12.2. The minimum absolute atomic E-state index is 0.0102. The monoisotopic (exact) mass is 416 g/mol. The summed E-state index contributed by atoms with van der Waals surface area (Å²) in [6.07, 6.45) is 6.31. The Morgan fingerprint density at radius 2 is 2.06 bits per heavy atom. The Balaban J connectivity index is 1.63. The molecule has 0 saturated carbocycles. The van der Waals surface area contributed by atoms with Crippen LogP contribution in [0.3, 0.4) is 0 Å². The summed E-state index contributed by atoms with van der Waals surface area (Å²) >= 11 is 0. The molecule has 2 atom stereocenters. The summed E-state index contributed by atoms with van der Waals surface area (Å²) in [6, 6.07) is 17.6. The summed E-state index contributed by atoms with van der Waals surface area (Å²) in [5.41, 5.74) is 14.2. The van der Waals surface area contributed by atoms with Gasteiger partial charge in [0.2, 0.25) is 0 Å². The summed E-state index contributed by atoms with van der Waals surface area (Å²) in [6.45, 7) is 2.13. The summed E-state index contributed by atoms with van der Waals surface area (Å²) in [4.78, 5) is 17.6. The first-order valence-electron chi connectivity index (χ1n) is 10.9. The third kappa shape index (κ3) is 4.66. The van der Waals surface area contributed by atoms with Crippen molar-refractivity contribution in [2.45, 2.75) is 44.2 Å². The Bertz CT molecular complexity index is 1010. The molecule has 1 saturated heterocycles. The fraction of sp³-hybridized carbons (Fsp3) is 0.400. The number of nitrogens with zero attached hydrogens (tertiary/aromatic N) is 4. The molecule has 0 radical (unpaired) electrons. The second-order valence-corrected chi connectivity index (χ2v) is 8.28. The molecule has 2 aliphatic rings. The number of piperidine rings is 1. The van der Waals surface area contributed by atoms with E-state index in [4.69, 9.17) is 10.3 Å². The number of methoxy groups -OCH3 is 1. The highest BCUT2D eigenvalue weighted by molar-refractivity contribution is 5.94. The van der Waals surface area contributed by atoms with Crippen molar-refractivity contribution >= 4 is 12.0 Å². The minimum atomic E-state index is -0.453. The zero-order valence-electron chi connectivity index (χ0n) is 17.9. The van der Waals surface area contributed by atoms with Crippen molar-refractivity contribution in [2.24, 2.45) is 5.11 Å². The average molecular weight is 417 g/mol. The fourth-order valence-electron chi connectivity index (χ4n) is 5.17. The van der Waals surface area contributed by atoms with Crippen LogP contribution in [-0.2, 0) is 22.5 Å². The van der Waals surface area contributed by atoms with Crippen LogP contribution in [0.2, 0.25) is 0 Å². The second kappa shape index (κ2) is 9.82. The van der Waals surface area contributed by atoms with Crippen LogP contribution in [0, 0.1) is 0 Å². The van der Waals surface area contributed by atoms with E-state index in [1.165, 1.54) is 36.6 Å². The molecule has 0 N–H and O–H groups in total. The van der Waals surface area contributed by atoms with Crippen molar-refractivity contribution in [3.8, 4) is 0 Å². The number of hydrogen-bond donors (Lipinski definition) is 0. The van der Waals surface area contributed by atoms with Gasteiger partial charge in [-0.2, -0.15) is 0 Å². The number of fused-ring (bicyclic) bond motifs is 3. The van der Waals surface area contributed by atoms with Gasteiger partial charge in [-0.3, -0.25) is 4.90 Å². The van der Waals surface area contributed by atoms with E-state index >= 15 is 0 Å². The molecule has 2 aromatic carbocycles. The quantitative estimate of drug-likeness (QED) is 0.212. The van der Waals surface area contributed by atoms with E-state index in [0.29, 0.717) is 17.5 Å². The van der Waals surface area contributed by atoms with Gasteiger partial charge in [0.05, 0.1) is 13.7 Å². The average Bonchev–Trinajstić information content (AvgIpc) is 2.82. The number of rotatable bonds is 6. The molecule has 0 amide bonds. The molecule has 0 aromatic heterocycles. The predicted octanol–water partition coefficient (Wildman–Crippen LogP) is 5.25. The van der Waals surface area contributed by atoms with Crippen molar-refractivity contribution in [2.75, 3.05) is 20.2 Å². The van der Waals surface area contributed by atoms with E-state index in [-0.39, 0.29) is 6.54 Å². The number of likely N-dealkylation sites (tertiary alicyclic amines) is 1. The van der Waals surface area contributed by atoms with E-state index in [1.54, 1.807) is 0 Å². The number of benzene rings is 2. The highest BCUT2D eigenvalue weighted by Crippen LogP contribution is 2.42. The molecule has 1 aliphatic heterocycles. The van der Waals surface area contributed by atoms with Crippen LogP contribution in [0.4, 0.5) is 0 Å². The van der Waals surface area contributed by atoms with E-state index in [0.717, 1.165) is 31.5 Å². The van der Waals surface area contributed by atoms with Gasteiger partial charge < -0.3 is 4.74 Å². The normalized spacial score (nSPS) is 20.9. The second-order valence-electron chi connectivity index (χ2n) is 8.28. The molecule has 0 spiro atoms. The number of hydrogen-bond acceptors (Lipinski definition) is 4. The Morgan fingerprint density at radius 3 is 2.84 bits per heavy atom. The maximum atomic E-state index is 12.2. The third-order valence-corrected chi connectivity index (χ3v) is 6.54. The largest absolute Gasteiger partial charge is 0.466 e. The van der Waals surface area contributed by atoms with Crippen molar-refractivity contribution in [3.05, 3.63) is 86.8 Å². The van der Waals surface area contributed by atoms with Crippen LogP contribution < -0.4 is 0 Å². The van der Waals surface area contributed by atoms with Gasteiger partial charge in [-0.25, -0.2) is 4.79 Å². The van der Waals surface area contributed by atoms with Crippen molar-refractivity contribution < 1.29 is 9.53 Å². The summed E-state index contributed by atoms with van der Waals surface area (Å²) in [7, 11) is 1.35. The number of esters is 1. The molecule has 6 nitrogen and oxygen atoms in total. The van der Waals surface area contributed by atoms with Gasteiger partial charge in [-0.05, 0) is 72.0 Å². The lowest BCUT2D eigenvalue weighted by Gasteiger charge is -2.45. The molecule has 1 heterocycles. The first-order valence-corrected chi connectivity index (χ1v) is 10.9. The van der Waals surface area contributed by atoms with E-state index in [9.17, 15) is 4.79 Å². The van der Waals surface area contributed by atoms with E-state index in [1.807, 2.05) is 12.1 Å². The topological polar surface area (TPSA) is 78.3 Å². The molecule has 0 bridgehead atoms. The van der Waals surface area contributed by atoms with Crippen LogP contribution in [0.15, 0.2) is 59.2 Å². The molecule has 2 aromatic rings. The van der Waals surface area contributed by atoms with Crippen molar-refractivity contribution in [1.82, 2.24) is 4.90 Å². The van der Waals surface area contributed by atoms with Crippen LogP contribution >= 0.6 is 0 Å². The number of azide groups is 1. The SMILES string of the molecule is COC(=O)C(=Cc1cccc2c1CC[C@H]1[C@H]2CCCN1Cc1ccccc1)CN=[N+]=[N-]. The molecule has 0 unspecified atom stereocenters. The first kappa shape index (κ1) is 21.2. The number of carbonyl (C=O) groups excluding carboxylic acids is 1. The Labute approximate surface area is 183 Å². The van der Waals surface area contributed by atoms with Crippen molar-refractivity contribution in [3.63, 3.8) is 0 Å². The van der Waals surface area contributed by atoms with Gasteiger partial charge >= 0.3 is 5.97 Å². The molecule has 6 heteroatoms. The lowest BCUT2D eigenvalue weighted by Crippen LogP contribution is -2.45. The van der Waals surface area contributed by atoms with Gasteiger partial charge in [-0.1, -0.05) is 53.6 Å². The summed E-state index contributed by atoms with van der Waals surface area (Å²) in [5, 5.41) is 3.57. The van der Waals surface area contributed by atoms with Gasteiger partial charge in [-0.15, -0.1) is 0 Å². The lowest BCUT2D eigenvalue weighted by molar-refractivity contribution is -0.136. The molecule has 31 heavy (non-hydrogen) atoms. The summed E-state index contributed by atoms with van der Waals surface area (Å²) < 4.78 is 4.89. The highest BCUT2D eigenvalue weighted by atomic mass is 16.5. The zero-order valence-corrected chi connectivity index (χ0v) is 17.9. The van der Waals surface area contributed by atoms with E-state index < -0.39 is 5.97 Å². The van der Waals surface area contributed by atoms with Crippen LogP contribution in [0.25, 0.3) is 16.5 Å². The smallest absolute Gasteiger partial charge is 0.333 e. The Hall–Kier alpha value is -3.08. The zero-order chi connectivity index (χ0) is 21.6. The first-order chi connectivity index (χ1) is 15.2. The Morgan fingerprint density at radius 1 is 1.23 bits per heavy atom.